The second-order valence-electron chi connectivity index (χ2n) is 17.7. The first-order valence-electron chi connectivity index (χ1n) is 21.0. The number of anilines is 6. The molecular formula is C45H48ClF3N9O4P. The fraction of sp³-hybridized carbons (Fsp3) is 0.400. The van der Waals surface area contributed by atoms with Gasteiger partial charge < -0.3 is 34.6 Å². The highest BCUT2D eigenvalue weighted by Gasteiger charge is 2.52. The number of rotatable bonds is 12. The minimum Gasteiger partial charge on any atom is -0.494 e. The van der Waals surface area contributed by atoms with Crippen LogP contribution >= 0.6 is 18.7 Å². The summed E-state index contributed by atoms with van der Waals surface area (Å²) in [5, 5.41) is 9.84. The summed E-state index contributed by atoms with van der Waals surface area (Å²) in [5.41, 5.74) is 4.57. The van der Waals surface area contributed by atoms with Gasteiger partial charge in [0.15, 0.2) is 5.82 Å². The van der Waals surface area contributed by atoms with Crippen LogP contribution in [0.5, 0.6) is 5.75 Å². The number of benzene rings is 3. The van der Waals surface area contributed by atoms with Gasteiger partial charge in [0, 0.05) is 97.3 Å². The van der Waals surface area contributed by atoms with Crippen LogP contribution in [0.4, 0.5) is 47.7 Å². The lowest BCUT2D eigenvalue weighted by atomic mass is 9.72. The molecule has 4 saturated heterocycles. The summed E-state index contributed by atoms with van der Waals surface area (Å²) in [6, 6.07) is 11.6. The van der Waals surface area contributed by atoms with Crippen LogP contribution in [0.15, 0.2) is 48.7 Å². The molecule has 0 saturated carbocycles. The van der Waals surface area contributed by atoms with Crippen molar-refractivity contribution in [1.82, 2.24) is 25.2 Å². The standard InChI is InChI=1S/C45H48ClF3N9O4P/c1-6-26-11-36(53-44-50-16-30(46)42(55-44)52-35-9-8-34-29(41(35)63(4,5)61)14-31(47)24(2)51-34)38(62-3)15-37(26)58-22-45(23-58)20-56(21-45)17-25-18-57(19-25)27-12-32(48)40(33(49)13-27)28-7-10-39(59)54-43(28)60/h8-9,11-16,25,28H,6-7,10,17-23H2,1-5H3,(H,54,59,60)(H2,50,52,53,55)/t28-/m1/s1. The summed E-state index contributed by atoms with van der Waals surface area (Å²) >= 11 is 6.59. The number of carbonyl (C=O) groups excluding carboxylic acids is 2. The molecule has 0 aliphatic carbocycles. The maximum Gasteiger partial charge on any atom is 0.234 e. The first kappa shape index (κ1) is 42.8. The van der Waals surface area contributed by atoms with Gasteiger partial charge in [0.1, 0.15) is 35.4 Å². The number of halogens is 4. The van der Waals surface area contributed by atoms with E-state index >= 15 is 8.78 Å². The Bertz CT molecular complexity index is 2710. The number of hydrogen-bond donors (Lipinski definition) is 3. The molecule has 0 radical (unpaired) electrons. The van der Waals surface area contributed by atoms with Crippen molar-refractivity contribution in [3.63, 3.8) is 0 Å². The summed E-state index contributed by atoms with van der Waals surface area (Å²) in [4.78, 5) is 44.0. The van der Waals surface area contributed by atoms with Gasteiger partial charge in [0.2, 0.25) is 17.8 Å². The SMILES string of the molecule is CCc1cc(Nc2ncc(Cl)c(Nc3ccc4nc(C)c(F)cc4c3P(C)(C)=O)n2)c(OC)cc1N1CC2(CN(CC3CN(c4cc(F)c([C@H]5CCC(=O)NC5=O)c(F)c4)C3)C2)C1. The normalized spacial score (nSPS) is 18.8. The van der Waals surface area contributed by atoms with Crippen molar-refractivity contribution in [2.75, 3.05) is 86.7 Å². The van der Waals surface area contributed by atoms with Gasteiger partial charge in [-0.05, 0) is 75.1 Å². The Morgan fingerprint density at radius 1 is 0.952 bits per heavy atom. The minimum absolute atomic E-state index is 0.0515. The number of pyridine rings is 1. The van der Waals surface area contributed by atoms with Crippen LogP contribution in [0.25, 0.3) is 10.9 Å². The van der Waals surface area contributed by atoms with E-state index in [0.29, 0.717) is 58.0 Å². The zero-order valence-electron chi connectivity index (χ0n) is 35.6. The molecule has 18 heteroatoms. The highest BCUT2D eigenvalue weighted by Crippen LogP contribution is 2.47. The van der Waals surface area contributed by atoms with Gasteiger partial charge in [-0.1, -0.05) is 18.5 Å². The molecule has 5 aromatic rings. The van der Waals surface area contributed by atoms with E-state index in [0.717, 1.165) is 50.4 Å². The smallest absolute Gasteiger partial charge is 0.234 e. The van der Waals surface area contributed by atoms with Gasteiger partial charge >= 0.3 is 0 Å². The molecule has 4 aliphatic heterocycles. The van der Waals surface area contributed by atoms with Crippen molar-refractivity contribution in [2.24, 2.45) is 11.3 Å². The number of likely N-dealkylation sites (tertiary alicyclic amines) is 1. The number of amides is 2. The summed E-state index contributed by atoms with van der Waals surface area (Å²) in [6.07, 6.45) is 2.39. The zero-order valence-corrected chi connectivity index (χ0v) is 37.3. The Morgan fingerprint density at radius 2 is 1.68 bits per heavy atom. The zero-order chi connectivity index (χ0) is 44.5. The summed E-state index contributed by atoms with van der Waals surface area (Å²) < 4.78 is 64.4. The minimum atomic E-state index is -2.95. The molecule has 1 spiro atoms. The number of hydrogen-bond acceptors (Lipinski definition) is 12. The molecule has 1 atom stereocenters. The predicted molar refractivity (Wildman–Crippen MR) is 240 cm³/mol. The third kappa shape index (κ3) is 8.17. The first-order chi connectivity index (χ1) is 30.0. The van der Waals surface area contributed by atoms with E-state index in [1.54, 1.807) is 39.5 Å². The molecule has 63 heavy (non-hydrogen) atoms. The number of methoxy groups -OCH3 is 1. The average molecular weight is 902 g/mol. The van der Waals surface area contributed by atoms with Crippen LogP contribution in [0.3, 0.4) is 0 Å². The molecule has 0 unspecified atom stereocenters. The molecule has 0 bridgehead atoms. The number of imide groups is 1. The van der Waals surface area contributed by atoms with Gasteiger partial charge in [0.25, 0.3) is 0 Å². The lowest BCUT2D eigenvalue weighted by molar-refractivity contribution is -0.134. The molecule has 330 valence electrons. The highest BCUT2D eigenvalue weighted by molar-refractivity contribution is 7.71. The number of aromatic nitrogens is 3. The van der Waals surface area contributed by atoms with Crippen LogP contribution in [0, 0.1) is 35.7 Å². The summed E-state index contributed by atoms with van der Waals surface area (Å²) in [7, 11) is -1.33. The molecule has 6 heterocycles. The van der Waals surface area contributed by atoms with Gasteiger partial charge in [-0.25, -0.2) is 18.2 Å². The molecule has 4 aliphatic rings. The first-order valence-corrected chi connectivity index (χ1v) is 24.0. The fourth-order valence-corrected chi connectivity index (χ4v) is 11.3. The maximum absolute atomic E-state index is 15.1. The van der Waals surface area contributed by atoms with Crippen LogP contribution in [-0.2, 0) is 20.6 Å². The number of piperidine rings is 1. The maximum atomic E-state index is 15.1. The average Bonchev–Trinajstić information content (AvgIpc) is 3.17. The number of aryl methyl sites for hydroxylation is 2. The summed E-state index contributed by atoms with van der Waals surface area (Å²) in [6.45, 7) is 13.0. The Labute approximate surface area is 368 Å². The van der Waals surface area contributed by atoms with Crippen molar-refractivity contribution in [2.45, 2.75) is 39.0 Å². The molecule has 3 aromatic carbocycles. The van der Waals surface area contributed by atoms with Crippen molar-refractivity contribution < 1.29 is 32.1 Å². The second kappa shape index (κ2) is 16.3. The Hall–Kier alpha value is -5.44. The van der Waals surface area contributed by atoms with Crippen molar-refractivity contribution in [3.8, 4) is 5.75 Å². The molecule has 2 amide bonds. The number of carbonyl (C=O) groups is 2. The lowest BCUT2D eigenvalue weighted by Gasteiger charge is -2.62. The molecule has 13 nitrogen and oxygen atoms in total. The van der Waals surface area contributed by atoms with E-state index < -0.39 is 42.3 Å². The van der Waals surface area contributed by atoms with Crippen LogP contribution < -0.4 is 35.8 Å². The third-order valence-corrected chi connectivity index (χ3v) is 14.5. The molecule has 4 fully saturated rings. The monoisotopic (exact) mass is 901 g/mol. The Kier molecular flexibility index (Phi) is 11.1. The van der Waals surface area contributed by atoms with E-state index in [-0.39, 0.29) is 46.3 Å². The number of nitrogens with zero attached hydrogens (tertiary/aromatic N) is 6. The third-order valence-electron chi connectivity index (χ3n) is 12.7. The lowest BCUT2D eigenvalue weighted by Crippen LogP contribution is -2.73. The van der Waals surface area contributed by atoms with Crippen LogP contribution in [-0.4, -0.2) is 97.9 Å². The van der Waals surface area contributed by atoms with Gasteiger partial charge in [-0.3, -0.25) is 19.9 Å². The van der Waals surface area contributed by atoms with Gasteiger partial charge in [-0.2, -0.15) is 4.98 Å². The Morgan fingerprint density at radius 3 is 2.35 bits per heavy atom. The molecule has 2 aromatic heterocycles. The van der Waals surface area contributed by atoms with E-state index in [1.165, 1.54) is 24.4 Å². The Balaban J connectivity index is 0.818. The predicted octanol–water partition coefficient (Wildman–Crippen LogP) is 7.49. The van der Waals surface area contributed by atoms with Crippen molar-refractivity contribution >= 4 is 81.3 Å². The van der Waals surface area contributed by atoms with E-state index in [2.05, 4.69) is 53.7 Å². The topological polar surface area (TPSA) is 145 Å². The quantitative estimate of drug-likeness (QED) is 0.0843. The van der Waals surface area contributed by atoms with E-state index in [9.17, 15) is 18.5 Å². The number of fused-ring (bicyclic) bond motifs is 1. The number of nitrogens with one attached hydrogen (secondary N) is 3. The van der Waals surface area contributed by atoms with Gasteiger partial charge in [0.05, 0.1) is 41.8 Å². The molecule has 9 rings (SSSR count). The largest absolute Gasteiger partial charge is 0.494 e. The van der Waals surface area contributed by atoms with Crippen LogP contribution in [0.1, 0.15) is 42.5 Å². The van der Waals surface area contributed by atoms with Crippen LogP contribution in [0.2, 0.25) is 5.02 Å². The van der Waals surface area contributed by atoms with Crippen molar-refractivity contribution in [1.29, 1.82) is 0 Å². The number of ether oxygens (including phenoxy) is 1. The van der Waals surface area contributed by atoms with E-state index in [4.69, 9.17) is 16.3 Å². The fourth-order valence-electron chi connectivity index (χ4n) is 9.69. The van der Waals surface area contributed by atoms with Crippen molar-refractivity contribution in [3.05, 3.63) is 88.0 Å². The molecular weight excluding hydrogens is 854 g/mol. The van der Waals surface area contributed by atoms with E-state index in [1.807, 2.05) is 11.0 Å². The second-order valence-corrected chi connectivity index (χ2v) is 21.3. The van der Waals surface area contributed by atoms with Gasteiger partial charge in [-0.15, -0.1) is 0 Å². The summed E-state index contributed by atoms with van der Waals surface area (Å²) in [5.74, 6) is -2.59. The highest BCUT2D eigenvalue weighted by atomic mass is 35.5. The molecule has 3 N–H and O–H groups in total.